The van der Waals surface area contributed by atoms with E-state index in [1.807, 2.05) is 0 Å². The third kappa shape index (κ3) is 11.8. The molecule has 2 heteroatoms. The zero-order valence-corrected chi connectivity index (χ0v) is 24.2. The van der Waals surface area contributed by atoms with Gasteiger partial charge in [0.25, 0.3) is 0 Å². The van der Waals surface area contributed by atoms with Gasteiger partial charge in [0.15, 0.2) is 0 Å². The van der Waals surface area contributed by atoms with Crippen LogP contribution in [0, 0.1) is 17.3 Å². The number of hydrogen-bond donors (Lipinski definition) is 0. The molecule has 2 nitrogen and oxygen atoms in total. The van der Waals surface area contributed by atoms with Crippen molar-refractivity contribution < 1.29 is 0 Å². The minimum atomic E-state index is 0.694. The number of rotatable bonds is 21. The molecule has 0 aliphatic carbocycles. The number of nitrogens with zero attached hydrogens (tertiary/aromatic N) is 2. The van der Waals surface area contributed by atoms with Crippen LogP contribution in [0.2, 0.25) is 0 Å². The van der Waals surface area contributed by atoms with E-state index in [1.165, 1.54) is 161 Å². The summed E-state index contributed by atoms with van der Waals surface area (Å²) in [5.41, 5.74) is 0.694. The molecule has 2 unspecified atom stereocenters. The van der Waals surface area contributed by atoms with Crippen LogP contribution in [0.1, 0.15) is 150 Å². The molecular weight excluding hydrogens is 412 g/mol. The molecule has 0 aromatic heterocycles. The van der Waals surface area contributed by atoms with Gasteiger partial charge in [0.05, 0.1) is 0 Å². The van der Waals surface area contributed by atoms with Crippen molar-refractivity contribution in [2.24, 2.45) is 17.3 Å². The lowest BCUT2D eigenvalue weighted by Gasteiger charge is -2.54. The Morgan fingerprint density at radius 2 is 1.06 bits per heavy atom. The molecule has 2 fully saturated rings. The quantitative estimate of drug-likeness (QED) is 0.152. The molecule has 34 heavy (non-hydrogen) atoms. The lowest BCUT2D eigenvalue weighted by molar-refractivity contribution is -0.0495. The first-order valence-corrected chi connectivity index (χ1v) is 16.1. The molecule has 2 atom stereocenters. The molecule has 0 amide bonds. The Morgan fingerprint density at radius 3 is 1.62 bits per heavy atom. The Labute approximate surface area is 216 Å². The standard InChI is InChI=1S/C32H64N2/c1-5-9-12-15-18-30(8-4)27-33-25-22-32(23-26-33)28-34(29-32)24-17-21-31(19-14-11-7-3)20-16-13-10-6-2/h30-31H,5-29H2,1-4H3. The first-order chi connectivity index (χ1) is 16.6. The van der Waals surface area contributed by atoms with Crippen molar-refractivity contribution in [1.29, 1.82) is 0 Å². The maximum atomic E-state index is 2.82. The normalized spacial score (nSPS) is 20.5. The zero-order valence-electron chi connectivity index (χ0n) is 24.2. The molecule has 2 heterocycles. The molecule has 0 aromatic carbocycles. The maximum absolute atomic E-state index is 2.82. The van der Waals surface area contributed by atoms with Crippen molar-refractivity contribution in [1.82, 2.24) is 9.80 Å². The third-order valence-corrected chi connectivity index (χ3v) is 9.36. The van der Waals surface area contributed by atoms with Gasteiger partial charge >= 0.3 is 0 Å². The van der Waals surface area contributed by atoms with Crippen LogP contribution in [0.4, 0.5) is 0 Å². The van der Waals surface area contributed by atoms with E-state index in [1.54, 1.807) is 0 Å². The van der Waals surface area contributed by atoms with Crippen LogP contribution in [-0.2, 0) is 0 Å². The van der Waals surface area contributed by atoms with Gasteiger partial charge < -0.3 is 9.80 Å². The first-order valence-electron chi connectivity index (χ1n) is 16.1. The predicted octanol–water partition coefficient (Wildman–Crippen LogP) is 9.33. The molecule has 0 bridgehead atoms. The summed E-state index contributed by atoms with van der Waals surface area (Å²) in [6.45, 7) is 17.7. The van der Waals surface area contributed by atoms with Crippen LogP contribution in [0.15, 0.2) is 0 Å². The molecule has 2 saturated heterocycles. The predicted molar refractivity (Wildman–Crippen MR) is 153 cm³/mol. The summed E-state index contributed by atoms with van der Waals surface area (Å²) >= 11 is 0. The monoisotopic (exact) mass is 477 g/mol. The minimum Gasteiger partial charge on any atom is -0.303 e. The molecule has 2 aliphatic rings. The lowest BCUT2D eigenvalue weighted by Crippen LogP contribution is -2.60. The van der Waals surface area contributed by atoms with Gasteiger partial charge in [-0.2, -0.15) is 0 Å². The van der Waals surface area contributed by atoms with E-state index in [2.05, 4.69) is 37.5 Å². The highest BCUT2D eigenvalue weighted by molar-refractivity contribution is 4.98. The summed E-state index contributed by atoms with van der Waals surface area (Å²) in [6, 6.07) is 0. The second-order valence-electron chi connectivity index (χ2n) is 12.5. The summed E-state index contributed by atoms with van der Waals surface area (Å²) in [6.07, 6.45) is 27.4. The van der Waals surface area contributed by atoms with Crippen LogP contribution in [0.5, 0.6) is 0 Å². The minimum absolute atomic E-state index is 0.694. The molecule has 202 valence electrons. The topological polar surface area (TPSA) is 6.48 Å². The Kier molecular flexibility index (Phi) is 16.1. The van der Waals surface area contributed by atoms with Crippen molar-refractivity contribution in [3.05, 3.63) is 0 Å². The zero-order chi connectivity index (χ0) is 24.5. The van der Waals surface area contributed by atoms with E-state index in [4.69, 9.17) is 0 Å². The van der Waals surface area contributed by atoms with Crippen molar-refractivity contribution in [3.8, 4) is 0 Å². The second kappa shape index (κ2) is 18.2. The average Bonchev–Trinajstić information content (AvgIpc) is 2.83. The molecule has 1 spiro atoms. The van der Waals surface area contributed by atoms with E-state index >= 15 is 0 Å². The maximum Gasteiger partial charge on any atom is 0.00514 e. The number of hydrogen-bond acceptors (Lipinski definition) is 2. The smallest absolute Gasteiger partial charge is 0.00514 e. The summed E-state index contributed by atoms with van der Waals surface area (Å²) in [7, 11) is 0. The molecule has 0 N–H and O–H groups in total. The van der Waals surface area contributed by atoms with Crippen molar-refractivity contribution in [2.45, 2.75) is 150 Å². The second-order valence-corrected chi connectivity index (χ2v) is 12.5. The molecule has 0 saturated carbocycles. The first kappa shape index (κ1) is 30.1. The van der Waals surface area contributed by atoms with E-state index in [0.717, 1.165) is 11.8 Å². The fourth-order valence-corrected chi connectivity index (χ4v) is 6.82. The van der Waals surface area contributed by atoms with Gasteiger partial charge in [-0.05, 0) is 69.0 Å². The van der Waals surface area contributed by atoms with Crippen LogP contribution in [-0.4, -0.2) is 49.1 Å². The highest BCUT2D eigenvalue weighted by atomic mass is 15.2. The number of piperidine rings is 1. The van der Waals surface area contributed by atoms with Gasteiger partial charge in [0, 0.05) is 19.6 Å². The van der Waals surface area contributed by atoms with Crippen LogP contribution >= 0.6 is 0 Å². The van der Waals surface area contributed by atoms with Gasteiger partial charge in [0.1, 0.15) is 0 Å². The van der Waals surface area contributed by atoms with Crippen LogP contribution < -0.4 is 0 Å². The van der Waals surface area contributed by atoms with E-state index in [0.29, 0.717) is 5.41 Å². The Balaban J connectivity index is 1.58. The van der Waals surface area contributed by atoms with E-state index < -0.39 is 0 Å². The van der Waals surface area contributed by atoms with Crippen molar-refractivity contribution in [3.63, 3.8) is 0 Å². The molecular formula is C32H64N2. The Bertz CT molecular complexity index is 460. The Hall–Kier alpha value is -0.0800. The van der Waals surface area contributed by atoms with Gasteiger partial charge in [0.2, 0.25) is 0 Å². The lowest BCUT2D eigenvalue weighted by atomic mass is 9.71. The summed E-state index contributed by atoms with van der Waals surface area (Å²) < 4.78 is 0. The highest BCUT2D eigenvalue weighted by Crippen LogP contribution is 2.41. The van der Waals surface area contributed by atoms with E-state index in [9.17, 15) is 0 Å². The molecule has 0 radical (unpaired) electrons. The molecule has 2 rings (SSSR count). The van der Waals surface area contributed by atoms with Crippen LogP contribution in [0.3, 0.4) is 0 Å². The summed E-state index contributed by atoms with van der Waals surface area (Å²) in [4.78, 5) is 5.62. The molecule has 0 aromatic rings. The molecule has 2 aliphatic heterocycles. The average molecular weight is 477 g/mol. The van der Waals surface area contributed by atoms with E-state index in [-0.39, 0.29) is 0 Å². The highest BCUT2D eigenvalue weighted by Gasteiger charge is 2.44. The van der Waals surface area contributed by atoms with Gasteiger partial charge in [-0.1, -0.05) is 118 Å². The van der Waals surface area contributed by atoms with Crippen molar-refractivity contribution in [2.75, 3.05) is 39.3 Å². The van der Waals surface area contributed by atoms with Gasteiger partial charge in [-0.25, -0.2) is 0 Å². The Morgan fingerprint density at radius 1 is 0.559 bits per heavy atom. The number of unbranched alkanes of at least 4 members (excludes halogenated alkanes) is 8. The third-order valence-electron chi connectivity index (χ3n) is 9.36. The van der Waals surface area contributed by atoms with Gasteiger partial charge in [-0.15, -0.1) is 0 Å². The largest absolute Gasteiger partial charge is 0.303 e. The fraction of sp³-hybridized carbons (Fsp3) is 1.00. The van der Waals surface area contributed by atoms with Crippen LogP contribution in [0.25, 0.3) is 0 Å². The SMILES string of the molecule is CCCCCCC(CCCCC)CCCN1CC2(CCN(CC(CC)CCCCCC)CC2)C1. The van der Waals surface area contributed by atoms with Crippen molar-refractivity contribution >= 4 is 0 Å². The summed E-state index contributed by atoms with van der Waals surface area (Å²) in [5, 5.41) is 0. The number of likely N-dealkylation sites (tertiary alicyclic amines) is 2. The fourth-order valence-electron chi connectivity index (χ4n) is 6.82. The van der Waals surface area contributed by atoms with Gasteiger partial charge in [-0.3, -0.25) is 0 Å². The summed E-state index contributed by atoms with van der Waals surface area (Å²) in [5.74, 6) is 1.95.